The molecule has 3 N–H and O–H groups in total. The van der Waals surface area contributed by atoms with E-state index in [0.29, 0.717) is 6.10 Å². The Labute approximate surface area is 132 Å². The van der Waals surface area contributed by atoms with Crippen LogP contribution in [-0.4, -0.2) is 18.1 Å². The number of nitrogens with two attached hydrogens (primary N) is 1. The van der Waals surface area contributed by atoms with Gasteiger partial charge in [0.2, 0.25) is 5.91 Å². The molecule has 118 valence electrons. The minimum absolute atomic E-state index is 0. The molecular formula is C16H25ClN2O2. The third-order valence-corrected chi connectivity index (χ3v) is 3.91. The van der Waals surface area contributed by atoms with Gasteiger partial charge in [-0.05, 0) is 44.7 Å². The number of halogens is 1. The predicted octanol–water partition coefficient (Wildman–Crippen LogP) is 3.35. The van der Waals surface area contributed by atoms with Gasteiger partial charge in [-0.1, -0.05) is 13.0 Å². The summed E-state index contributed by atoms with van der Waals surface area (Å²) in [7, 11) is 0. The first-order valence-electron chi connectivity index (χ1n) is 7.39. The molecule has 0 heterocycles. The van der Waals surface area contributed by atoms with Gasteiger partial charge in [0.25, 0.3) is 0 Å². The highest BCUT2D eigenvalue weighted by molar-refractivity contribution is 5.92. The lowest BCUT2D eigenvalue weighted by atomic mass is 10.0. The van der Waals surface area contributed by atoms with Crippen LogP contribution in [0.5, 0.6) is 5.75 Å². The van der Waals surface area contributed by atoms with E-state index in [2.05, 4.69) is 5.32 Å². The summed E-state index contributed by atoms with van der Waals surface area (Å²) in [5.41, 5.74) is 6.51. The molecule has 0 radical (unpaired) electrons. The molecular weight excluding hydrogens is 288 g/mol. The Bertz CT molecular complexity index is 459. The molecule has 1 fully saturated rings. The molecule has 0 saturated heterocycles. The fourth-order valence-corrected chi connectivity index (χ4v) is 2.34. The molecule has 2 atom stereocenters. The Hall–Kier alpha value is -1.26. The number of carbonyl (C=O) groups excluding carboxylic acids is 1. The van der Waals surface area contributed by atoms with Gasteiger partial charge >= 0.3 is 0 Å². The lowest BCUT2D eigenvalue weighted by Gasteiger charge is -2.17. The van der Waals surface area contributed by atoms with Gasteiger partial charge in [0.05, 0.1) is 12.0 Å². The topological polar surface area (TPSA) is 64.4 Å². The summed E-state index contributed by atoms with van der Waals surface area (Å²) in [6, 6.07) is 7.42. The number of carbonyl (C=O) groups is 1. The molecule has 0 aliphatic heterocycles. The quantitative estimate of drug-likeness (QED) is 0.876. The van der Waals surface area contributed by atoms with Crippen molar-refractivity contribution in [2.45, 2.75) is 51.7 Å². The zero-order chi connectivity index (χ0) is 14.5. The third kappa shape index (κ3) is 5.21. The fraction of sp³-hybridized carbons (Fsp3) is 0.562. The van der Waals surface area contributed by atoms with Gasteiger partial charge in [-0.15, -0.1) is 12.4 Å². The lowest BCUT2D eigenvalue weighted by Crippen LogP contribution is -2.34. The van der Waals surface area contributed by atoms with E-state index >= 15 is 0 Å². The molecule has 1 aliphatic carbocycles. The molecule has 1 saturated carbocycles. The molecule has 1 aromatic carbocycles. The molecule has 2 unspecified atom stereocenters. The molecule has 1 aromatic rings. The number of hydrogen-bond donors (Lipinski definition) is 2. The molecule has 1 aliphatic rings. The normalized spacial score (nSPS) is 17.7. The summed E-state index contributed by atoms with van der Waals surface area (Å²) in [5, 5.41) is 2.89. The first kappa shape index (κ1) is 17.8. The highest BCUT2D eigenvalue weighted by Gasteiger charge is 2.18. The van der Waals surface area contributed by atoms with Gasteiger partial charge in [0.1, 0.15) is 5.75 Å². The Morgan fingerprint density at radius 1 is 1.33 bits per heavy atom. The van der Waals surface area contributed by atoms with Crippen LogP contribution in [-0.2, 0) is 4.79 Å². The van der Waals surface area contributed by atoms with E-state index in [4.69, 9.17) is 10.5 Å². The van der Waals surface area contributed by atoms with Crippen molar-refractivity contribution in [3.05, 3.63) is 24.3 Å². The van der Waals surface area contributed by atoms with E-state index in [0.717, 1.165) is 24.3 Å². The van der Waals surface area contributed by atoms with Crippen LogP contribution < -0.4 is 15.8 Å². The van der Waals surface area contributed by atoms with Gasteiger partial charge in [-0.2, -0.15) is 0 Å². The van der Waals surface area contributed by atoms with Crippen LogP contribution in [0.3, 0.4) is 0 Å². The highest BCUT2D eigenvalue weighted by Crippen LogP contribution is 2.25. The standard InChI is InChI=1S/C16H24N2O2.ClH/c1-11(12(2)17)16(19)18-13-6-5-9-15(10-13)20-14-7-3-4-8-14;/h5-6,9-12,14H,3-4,7-8,17H2,1-2H3,(H,18,19);1H. The van der Waals surface area contributed by atoms with Crippen LogP contribution in [0, 0.1) is 5.92 Å². The van der Waals surface area contributed by atoms with E-state index in [1.54, 1.807) is 0 Å². The Morgan fingerprint density at radius 2 is 2.00 bits per heavy atom. The van der Waals surface area contributed by atoms with Crippen LogP contribution in [0.4, 0.5) is 5.69 Å². The summed E-state index contributed by atoms with van der Waals surface area (Å²) in [6.07, 6.45) is 5.06. The van der Waals surface area contributed by atoms with E-state index in [-0.39, 0.29) is 30.3 Å². The van der Waals surface area contributed by atoms with E-state index in [1.165, 1.54) is 12.8 Å². The molecule has 0 bridgehead atoms. The Morgan fingerprint density at radius 3 is 2.62 bits per heavy atom. The molecule has 0 spiro atoms. The van der Waals surface area contributed by atoms with Crippen LogP contribution in [0.15, 0.2) is 24.3 Å². The number of benzene rings is 1. The number of nitrogens with one attached hydrogen (secondary N) is 1. The maximum Gasteiger partial charge on any atom is 0.228 e. The summed E-state index contributed by atoms with van der Waals surface area (Å²) >= 11 is 0. The maximum absolute atomic E-state index is 12.0. The van der Waals surface area contributed by atoms with Crippen molar-refractivity contribution in [1.29, 1.82) is 0 Å². The van der Waals surface area contributed by atoms with Crippen molar-refractivity contribution >= 4 is 24.0 Å². The molecule has 1 amide bonds. The number of anilines is 1. The zero-order valence-corrected chi connectivity index (χ0v) is 13.5. The van der Waals surface area contributed by atoms with Crippen LogP contribution in [0.2, 0.25) is 0 Å². The largest absolute Gasteiger partial charge is 0.490 e. The molecule has 21 heavy (non-hydrogen) atoms. The van der Waals surface area contributed by atoms with E-state index in [1.807, 2.05) is 38.1 Å². The van der Waals surface area contributed by atoms with Crippen molar-refractivity contribution in [3.8, 4) is 5.75 Å². The van der Waals surface area contributed by atoms with E-state index in [9.17, 15) is 4.79 Å². The molecule has 4 nitrogen and oxygen atoms in total. The first-order valence-corrected chi connectivity index (χ1v) is 7.39. The Kier molecular flexibility index (Phi) is 6.99. The first-order chi connectivity index (χ1) is 9.56. The average Bonchev–Trinajstić information content (AvgIpc) is 2.91. The molecule has 2 rings (SSSR count). The predicted molar refractivity (Wildman–Crippen MR) is 88.0 cm³/mol. The van der Waals surface area contributed by atoms with Crippen LogP contribution >= 0.6 is 12.4 Å². The lowest BCUT2D eigenvalue weighted by molar-refractivity contribution is -0.119. The second-order valence-electron chi connectivity index (χ2n) is 5.69. The van der Waals surface area contributed by atoms with Gasteiger partial charge < -0.3 is 15.8 Å². The smallest absolute Gasteiger partial charge is 0.228 e. The van der Waals surface area contributed by atoms with Crippen LogP contribution in [0.1, 0.15) is 39.5 Å². The van der Waals surface area contributed by atoms with Crippen molar-refractivity contribution < 1.29 is 9.53 Å². The zero-order valence-electron chi connectivity index (χ0n) is 12.7. The number of rotatable bonds is 5. The number of hydrogen-bond acceptors (Lipinski definition) is 3. The van der Waals surface area contributed by atoms with Gasteiger partial charge in [-0.25, -0.2) is 0 Å². The van der Waals surface area contributed by atoms with Crippen LogP contribution in [0.25, 0.3) is 0 Å². The Balaban J connectivity index is 0.00000220. The van der Waals surface area contributed by atoms with Gasteiger partial charge in [0, 0.05) is 17.8 Å². The van der Waals surface area contributed by atoms with Crippen molar-refractivity contribution in [2.75, 3.05) is 5.32 Å². The molecule has 0 aromatic heterocycles. The second-order valence-corrected chi connectivity index (χ2v) is 5.69. The van der Waals surface area contributed by atoms with E-state index < -0.39 is 0 Å². The molecule has 5 heteroatoms. The van der Waals surface area contributed by atoms with Gasteiger partial charge in [0.15, 0.2) is 0 Å². The summed E-state index contributed by atoms with van der Waals surface area (Å²) in [5.74, 6) is 0.551. The SMILES string of the molecule is CC(N)C(C)C(=O)Nc1cccc(OC2CCCC2)c1.Cl. The van der Waals surface area contributed by atoms with Gasteiger partial charge in [-0.3, -0.25) is 4.79 Å². The minimum Gasteiger partial charge on any atom is -0.490 e. The minimum atomic E-state index is -0.214. The number of amides is 1. The average molecular weight is 313 g/mol. The monoisotopic (exact) mass is 312 g/mol. The summed E-state index contributed by atoms with van der Waals surface area (Å²) < 4.78 is 5.93. The third-order valence-electron chi connectivity index (χ3n) is 3.91. The summed E-state index contributed by atoms with van der Waals surface area (Å²) in [6.45, 7) is 3.67. The number of ether oxygens (including phenoxy) is 1. The van der Waals surface area contributed by atoms with Crippen molar-refractivity contribution in [3.63, 3.8) is 0 Å². The maximum atomic E-state index is 12.0. The van der Waals surface area contributed by atoms with Crippen molar-refractivity contribution in [1.82, 2.24) is 0 Å². The highest BCUT2D eigenvalue weighted by atomic mass is 35.5. The second kappa shape index (κ2) is 8.25. The fourth-order valence-electron chi connectivity index (χ4n) is 2.34. The summed E-state index contributed by atoms with van der Waals surface area (Å²) in [4.78, 5) is 12.0. The van der Waals surface area contributed by atoms with Crippen molar-refractivity contribution in [2.24, 2.45) is 11.7 Å².